The molecular formula is C16H34ClN3O. The number of halogens is 1. The van der Waals surface area contributed by atoms with Gasteiger partial charge in [-0.1, -0.05) is 13.8 Å². The molecule has 1 atom stereocenters. The Kier molecular flexibility index (Phi) is 8.83. The van der Waals surface area contributed by atoms with Gasteiger partial charge >= 0.3 is 0 Å². The van der Waals surface area contributed by atoms with Crippen molar-refractivity contribution < 1.29 is 4.79 Å². The van der Waals surface area contributed by atoms with Crippen LogP contribution in [0.5, 0.6) is 0 Å². The summed E-state index contributed by atoms with van der Waals surface area (Å²) < 4.78 is 0. The molecule has 0 spiro atoms. The van der Waals surface area contributed by atoms with Gasteiger partial charge < -0.3 is 10.6 Å². The number of hydrogen-bond donors (Lipinski definition) is 2. The molecule has 0 radical (unpaired) electrons. The molecule has 0 aromatic heterocycles. The molecule has 1 heterocycles. The number of amides is 1. The van der Waals surface area contributed by atoms with Gasteiger partial charge in [-0.2, -0.15) is 0 Å². The molecule has 1 unspecified atom stereocenters. The predicted molar refractivity (Wildman–Crippen MR) is 92.0 cm³/mol. The van der Waals surface area contributed by atoms with Crippen LogP contribution in [0.2, 0.25) is 0 Å². The minimum absolute atomic E-state index is 0. The first-order chi connectivity index (χ1) is 9.25. The van der Waals surface area contributed by atoms with Crippen LogP contribution in [-0.4, -0.2) is 48.6 Å². The molecule has 0 aliphatic carbocycles. The molecule has 0 bridgehead atoms. The lowest BCUT2D eigenvalue weighted by molar-refractivity contribution is -0.126. The molecule has 126 valence electrons. The molecule has 1 aliphatic heterocycles. The van der Waals surface area contributed by atoms with Gasteiger partial charge in [-0.3, -0.25) is 9.69 Å². The Hall–Kier alpha value is -0.320. The number of rotatable bonds is 6. The minimum Gasteiger partial charge on any atom is -0.353 e. The number of nitrogens with one attached hydrogen (secondary N) is 2. The molecule has 4 nitrogen and oxygen atoms in total. The van der Waals surface area contributed by atoms with Crippen molar-refractivity contribution >= 4 is 18.3 Å². The number of nitrogens with zero attached hydrogens (tertiary/aromatic N) is 1. The van der Waals surface area contributed by atoms with Gasteiger partial charge in [-0.05, 0) is 52.5 Å². The van der Waals surface area contributed by atoms with Crippen molar-refractivity contribution in [2.75, 3.05) is 19.6 Å². The second-order valence-electron chi connectivity index (χ2n) is 7.20. The smallest absolute Gasteiger partial charge is 0.237 e. The quantitative estimate of drug-likeness (QED) is 0.790. The van der Waals surface area contributed by atoms with E-state index in [0.717, 1.165) is 32.5 Å². The van der Waals surface area contributed by atoms with E-state index in [1.54, 1.807) is 0 Å². The molecule has 5 heteroatoms. The fourth-order valence-corrected chi connectivity index (χ4v) is 3.18. The molecular weight excluding hydrogens is 286 g/mol. The van der Waals surface area contributed by atoms with E-state index < -0.39 is 0 Å². The Labute approximate surface area is 136 Å². The third kappa shape index (κ3) is 6.13. The molecule has 1 aliphatic rings. The number of carbonyl (C=O) groups excluding carboxylic acids is 1. The van der Waals surface area contributed by atoms with Crippen molar-refractivity contribution in [2.45, 2.75) is 72.5 Å². The van der Waals surface area contributed by atoms with Crippen molar-refractivity contribution in [1.82, 2.24) is 15.5 Å². The van der Waals surface area contributed by atoms with E-state index in [2.05, 4.69) is 57.1 Å². The van der Waals surface area contributed by atoms with E-state index in [1.807, 2.05) is 0 Å². The molecule has 1 saturated heterocycles. The number of hydrogen-bond acceptors (Lipinski definition) is 3. The third-order valence-electron chi connectivity index (χ3n) is 4.39. The van der Waals surface area contributed by atoms with E-state index in [-0.39, 0.29) is 29.8 Å². The van der Waals surface area contributed by atoms with Gasteiger partial charge in [0.15, 0.2) is 0 Å². The average Bonchev–Trinajstić information content (AvgIpc) is 2.32. The summed E-state index contributed by atoms with van der Waals surface area (Å²) in [4.78, 5) is 14.7. The monoisotopic (exact) mass is 319 g/mol. The molecule has 1 rings (SSSR count). The van der Waals surface area contributed by atoms with E-state index in [0.29, 0.717) is 12.1 Å². The van der Waals surface area contributed by atoms with Crippen molar-refractivity contribution in [2.24, 2.45) is 5.41 Å². The zero-order chi connectivity index (χ0) is 15.3. The first-order valence-electron chi connectivity index (χ1n) is 8.02. The van der Waals surface area contributed by atoms with E-state index in [4.69, 9.17) is 0 Å². The summed E-state index contributed by atoms with van der Waals surface area (Å²) in [6, 6.07) is 0.968. The normalized spacial score (nSPS) is 21.5. The minimum atomic E-state index is -0.0530. The fourth-order valence-electron chi connectivity index (χ4n) is 3.18. The van der Waals surface area contributed by atoms with Gasteiger partial charge in [0.2, 0.25) is 5.91 Å². The lowest BCUT2D eigenvalue weighted by Gasteiger charge is -2.38. The Morgan fingerprint density at radius 1 is 1.29 bits per heavy atom. The summed E-state index contributed by atoms with van der Waals surface area (Å²) >= 11 is 0. The van der Waals surface area contributed by atoms with Crippen LogP contribution in [0.4, 0.5) is 0 Å². The summed E-state index contributed by atoms with van der Waals surface area (Å²) in [7, 11) is 0. The lowest BCUT2D eigenvalue weighted by Crippen LogP contribution is -2.56. The second-order valence-corrected chi connectivity index (χ2v) is 7.20. The topological polar surface area (TPSA) is 44.4 Å². The average molecular weight is 320 g/mol. The number of carbonyl (C=O) groups is 1. The van der Waals surface area contributed by atoms with Crippen LogP contribution in [0.15, 0.2) is 0 Å². The Bertz CT molecular complexity index is 311. The molecule has 21 heavy (non-hydrogen) atoms. The summed E-state index contributed by atoms with van der Waals surface area (Å²) in [6.07, 6.45) is 2.27. The highest BCUT2D eigenvalue weighted by Gasteiger charge is 2.36. The van der Waals surface area contributed by atoms with Crippen LogP contribution in [0.3, 0.4) is 0 Å². The maximum atomic E-state index is 12.3. The third-order valence-corrected chi connectivity index (χ3v) is 4.39. The van der Waals surface area contributed by atoms with Crippen molar-refractivity contribution in [3.8, 4) is 0 Å². The van der Waals surface area contributed by atoms with Gasteiger partial charge in [-0.25, -0.2) is 0 Å². The molecule has 1 amide bonds. The van der Waals surface area contributed by atoms with Crippen molar-refractivity contribution in [1.29, 1.82) is 0 Å². The van der Waals surface area contributed by atoms with Crippen LogP contribution in [0.1, 0.15) is 54.4 Å². The van der Waals surface area contributed by atoms with Crippen molar-refractivity contribution in [3.05, 3.63) is 0 Å². The predicted octanol–water partition coefficient (Wildman–Crippen LogP) is 2.42. The van der Waals surface area contributed by atoms with Gasteiger partial charge in [0.25, 0.3) is 0 Å². The summed E-state index contributed by atoms with van der Waals surface area (Å²) in [5.74, 6) is 0.155. The SMILES string of the molecule is CC(C)N(CCNC(=O)C1NCCCC1(C)C)C(C)C.Cl. The van der Waals surface area contributed by atoms with Crippen LogP contribution in [-0.2, 0) is 4.79 Å². The van der Waals surface area contributed by atoms with Crippen LogP contribution in [0.25, 0.3) is 0 Å². The summed E-state index contributed by atoms with van der Waals surface area (Å²) in [5, 5.41) is 6.47. The lowest BCUT2D eigenvalue weighted by atomic mass is 9.77. The van der Waals surface area contributed by atoms with Crippen LogP contribution >= 0.6 is 12.4 Å². The molecule has 1 fully saturated rings. The standard InChI is InChI=1S/C16H33N3O.ClH/c1-12(2)19(13(3)4)11-10-18-15(20)14-16(5,6)8-7-9-17-14;/h12-14,17H,7-11H2,1-6H3,(H,18,20);1H. The van der Waals surface area contributed by atoms with Crippen LogP contribution < -0.4 is 10.6 Å². The Morgan fingerprint density at radius 3 is 2.33 bits per heavy atom. The van der Waals surface area contributed by atoms with Gasteiger partial charge in [0.05, 0.1) is 6.04 Å². The molecule has 0 aromatic rings. The number of piperidine rings is 1. The molecule has 0 saturated carbocycles. The zero-order valence-electron chi connectivity index (χ0n) is 14.5. The molecule has 2 N–H and O–H groups in total. The summed E-state index contributed by atoms with van der Waals surface area (Å²) in [5.41, 5.74) is 0.0537. The maximum absolute atomic E-state index is 12.3. The van der Waals surface area contributed by atoms with E-state index in [9.17, 15) is 4.79 Å². The van der Waals surface area contributed by atoms with Gasteiger partial charge in [-0.15, -0.1) is 12.4 Å². The van der Waals surface area contributed by atoms with Crippen molar-refractivity contribution in [3.63, 3.8) is 0 Å². The van der Waals surface area contributed by atoms with E-state index >= 15 is 0 Å². The van der Waals surface area contributed by atoms with Gasteiger partial charge in [0, 0.05) is 25.2 Å². The van der Waals surface area contributed by atoms with Gasteiger partial charge in [0.1, 0.15) is 0 Å². The molecule has 0 aromatic carbocycles. The highest BCUT2D eigenvalue weighted by molar-refractivity contribution is 5.85. The largest absolute Gasteiger partial charge is 0.353 e. The summed E-state index contributed by atoms with van der Waals surface area (Å²) in [6.45, 7) is 15.8. The highest BCUT2D eigenvalue weighted by atomic mass is 35.5. The maximum Gasteiger partial charge on any atom is 0.237 e. The first kappa shape index (κ1) is 20.7. The Balaban J connectivity index is 0.00000400. The Morgan fingerprint density at radius 2 is 1.86 bits per heavy atom. The zero-order valence-corrected chi connectivity index (χ0v) is 15.3. The first-order valence-corrected chi connectivity index (χ1v) is 8.02. The highest BCUT2D eigenvalue weighted by Crippen LogP contribution is 2.29. The van der Waals surface area contributed by atoms with Crippen LogP contribution in [0, 0.1) is 5.41 Å². The van der Waals surface area contributed by atoms with E-state index in [1.165, 1.54) is 0 Å². The second kappa shape index (κ2) is 8.96. The fraction of sp³-hybridized carbons (Fsp3) is 0.938.